The summed E-state index contributed by atoms with van der Waals surface area (Å²) in [6.07, 6.45) is 0. The minimum absolute atomic E-state index is 0.0161. The molecule has 0 unspecified atom stereocenters. The van der Waals surface area contributed by atoms with Crippen LogP contribution >= 0.6 is 11.3 Å². The Morgan fingerprint density at radius 3 is 1.41 bits per heavy atom. The van der Waals surface area contributed by atoms with Gasteiger partial charge in [-0.05, 0) is 152 Å². The third-order valence-corrected chi connectivity index (χ3v) is 19.5. The van der Waals surface area contributed by atoms with Crippen LogP contribution in [-0.4, -0.2) is 6.71 Å². The van der Waals surface area contributed by atoms with Crippen molar-refractivity contribution in [2.24, 2.45) is 0 Å². The summed E-state index contributed by atoms with van der Waals surface area (Å²) in [6.45, 7) is 20.7. The molecular weight excluding hydrogens is 1080 g/mol. The van der Waals surface area contributed by atoms with Crippen molar-refractivity contribution < 1.29 is 8.83 Å². The van der Waals surface area contributed by atoms with Gasteiger partial charge < -0.3 is 23.5 Å². The maximum absolute atomic E-state index is 6.76. The van der Waals surface area contributed by atoms with E-state index in [2.05, 4.69) is 301 Å². The van der Waals surface area contributed by atoms with E-state index < -0.39 is 0 Å². The van der Waals surface area contributed by atoms with Crippen molar-refractivity contribution in [2.45, 2.75) is 78.6 Å². The average Bonchev–Trinajstić information content (AvgIpc) is 1.74. The first-order valence-corrected chi connectivity index (χ1v) is 31.3. The minimum Gasteiger partial charge on any atom is -0.456 e. The van der Waals surface area contributed by atoms with Crippen molar-refractivity contribution in [1.29, 1.82) is 0 Å². The highest BCUT2D eigenvalue weighted by molar-refractivity contribution is 7.33. The fourth-order valence-corrected chi connectivity index (χ4v) is 15.0. The zero-order valence-electron chi connectivity index (χ0n) is 50.7. The van der Waals surface area contributed by atoms with Crippen molar-refractivity contribution in [3.05, 3.63) is 253 Å². The maximum Gasteiger partial charge on any atom is 0.264 e. The molecule has 5 nitrogen and oxygen atoms in total. The number of fused-ring (bicyclic) bond motifs is 12. The normalized spacial score (nSPS) is 13.3. The number of anilines is 9. The van der Waals surface area contributed by atoms with E-state index in [4.69, 9.17) is 8.83 Å². The number of hydrogen-bond donors (Lipinski definition) is 0. The molecular formula is C80H66BN3O2S. The zero-order chi connectivity index (χ0) is 59.3. The summed E-state index contributed by atoms with van der Waals surface area (Å²) < 4.78 is 16.1. The van der Waals surface area contributed by atoms with Crippen LogP contribution in [0.5, 0.6) is 0 Å². The Balaban J connectivity index is 1.04. The molecule has 0 N–H and O–H groups in total. The molecule has 11 aromatic carbocycles. The fraction of sp³-hybridized carbons (Fsp3) is 0.150. The van der Waals surface area contributed by atoms with Crippen LogP contribution in [0.15, 0.2) is 245 Å². The molecule has 5 heterocycles. The van der Waals surface area contributed by atoms with Gasteiger partial charge >= 0.3 is 0 Å². The molecule has 0 aliphatic carbocycles. The molecule has 422 valence electrons. The molecule has 2 aliphatic rings. The molecule has 0 bridgehead atoms. The second kappa shape index (κ2) is 19.5. The molecule has 0 saturated carbocycles. The van der Waals surface area contributed by atoms with E-state index in [0.717, 1.165) is 106 Å². The van der Waals surface area contributed by atoms with Gasteiger partial charge in [0, 0.05) is 93.9 Å². The smallest absolute Gasteiger partial charge is 0.264 e. The van der Waals surface area contributed by atoms with Gasteiger partial charge in [0.15, 0.2) is 0 Å². The Hall–Kier alpha value is -9.56. The predicted molar refractivity (Wildman–Crippen MR) is 372 cm³/mol. The van der Waals surface area contributed by atoms with Crippen molar-refractivity contribution in [3.63, 3.8) is 0 Å². The number of rotatable bonds is 7. The Morgan fingerprint density at radius 1 is 0.379 bits per heavy atom. The summed E-state index contributed by atoms with van der Waals surface area (Å²) in [7, 11) is 0. The summed E-state index contributed by atoms with van der Waals surface area (Å²) in [5, 5.41) is 5.61. The van der Waals surface area contributed by atoms with Crippen LogP contribution in [0, 0.1) is 0 Å². The van der Waals surface area contributed by atoms with E-state index in [1.54, 1.807) is 0 Å². The summed E-state index contributed by atoms with van der Waals surface area (Å²) in [4.78, 5) is 7.64. The summed E-state index contributed by atoms with van der Waals surface area (Å²) in [5.74, 6) is 0. The van der Waals surface area contributed by atoms with Crippen LogP contribution in [0.1, 0.15) is 79.0 Å². The maximum atomic E-state index is 6.76. The lowest BCUT2D eigenvalue weighted by molar-refractivity contribution is 0.590. The van der Waals surface area contributed by atoms with Crippen molar-refractivity contribution in [1.82, 2.24) is 0 Å². The number of nitrogens with zero attached hydrogens (tertiary/aromatic N) is 3. The van der Waals surface area contributed by atoms with Gasteiger partial charge in [-0.2, -0.15) is 0 Å². The SMILES string of the molecule is CC(C)(C)c1ccc(N2c3cc(N(c4ccc5c(c4)oc4ccccc45)c4ccc5c(c4)oc4ccccc45)c(-c4ccccc4)cc3B3c4sc5ccc(C(C)(C)C)cc5c4N(c4ccc(C(C)(C)C)cc4)c4cc(-c5ccccc5)cc2c43)cc1. The topological polar surface area (TPSA) is 36.0 Å². The molecule has 16 rings (SSSR count). The predicted octanol–water partition coefficient (Wildman–Crippen LogP) is 21.5. The van der Waals surface area contributed by atoms with Gasteiger partial charge in [-0.1, -0.05) is 196 Å². The van der Waals surface area contributed by atoms with E-state index in [0.29, 0.717) is 0 Å². The molecule has 14 aromatic rings. The molecule has 0 fully saturated rings. The zero-order valence-corrected chi connectivity index (χ0v) is 51.5. The lowest BCUT2D eigenvalue weighted by atomic mass is 9.36. The fourth-order valence-electron chi connectivity index (χ4n) is 13.7. The molecule has 0 radical (unpaired) electrons. The lowest BCUT2D eigenvalue weighted by Gasteiger charge is -2.44. The summed E-state index contributed by atoms with van der Waals surface area (Å²) >= 11 is 1.95. The van der Waals surface area contributed by atoms with Crippen LogP contribution in [-0.2, 0) is 16.2 Å². The van der Waals surface area contributed by atoms with Gasteiger partial charge in [-0.25, -0.2) is 0 Å². The van der Waals surface area contributed by atoms with E-state index in [1.807, 2.05) is 23.5 Å². The Kier molecular flexibility index (Phi) is 11.9. The van der Waals surface area contributed by atoms with E-state index >= 15 is 0 Å². The average molecular weight is 1140 g/mol. The number of hydrogen-bond acceptors (Lipinski definition) is 6. The highest BCUT2D eigenvalue weighted by atomic mass is 32.1. The van der Waals surface area contributed by atoms with Crippen molar-refractivity contribution in [2.75, 3.05) is 14.7 Å². The van der Waals surface area contributed by atoms with Crippen LogP contribution in [0.4, 0.5) is 51.2 Å². The monoisotopic (exact) mass is 1140 g/mol. The van der Waals surface area contributed by atoms with Crippen LogP contribution in [0.2, 0.25) is 0 Å². The first-order chi connectivity index (χ1) is 42.0. The Bertz CT molecular complexity index is 4940. The van der Waals surface area contributed by atoms with Crippen molar-refractivity contribution >= 4 is 139 Å². The first kappa shape index (κ1) is 53.0. The lowest BCUT2D eigenvalue weighted by Crippen LogP contribution is -2.60. The van der Waals surface area contributed by atoms with Crippen LogP contribution in [0.3, 0.4) is 0 Å². The number of para-hydroxylation sites is 2. The number of thiophene rings is 1. The highest BCUT2D eigenvalue weighted by Gasteiger charge is 2.47. The van der Waals surface area contributed by atoms with E-state index in [9.17, 15) is 0 Å². The first-order valence-electron chi connectivity index (χ1n) is 30.5. The van der Waals surface area contributed by atoms with Crippen molar-refractivity contribution in [3.8, 4) is 22.3 Å². The molecule has 0 amide bonds. The molecule has 0 saturated heterocycles. The van der Waals surface area contributed by atoms with E-state index in [-0.39, 0.29) is 23.0 Å². The summed E-state index contributed by atoms with van der Waals surface area (Å²) in [5.41, 5.74) is 24.1. The van der Waals surface area contributed by atoms with E-state index in [1.165, 1.54) is 53.9 Å². The molecule has 0 spiro atoms. The van der Waals surface area contributed by atoms with Gasteiger partial charge in [-0.15, -0.1) is 11.3 Å². The quantitative estimate of drug-likeness (QED) is 0.149. The Labute approximate surface area is 513 Å². The van der Waals surface area contributed by atoms with Crippen LogP contribution in [0.25, 0.3) is 76.2 Å². The Morgan fingerprint density at radius 2 is 0.862 bits per heavy atom. The molecule has 2 aliphatic heterocycles. The second-order valence-electron chi connectivity index (χ2n) is 27.0. The largest absolute Gasteiger partial charge is 0.456 e. The van der Waals surface area contributed by atoms with Gasteiger partial charge in [0.1, 0.15) is 22.3 Å². The van der Waals surface area contributed by atoms with Crippen LogP contribution < -0.4 is 30.4 Å². The van der Waals surface area contributed by atoms with Gasteiger partial charge in [0.25, 0.3) is 6.71 Å². The van der Waals surface area contributed by atoms with Gasteiger partial charge in [0.2, 0.25) is 0 Å². The molecule has 7 heteroatoms. The molecule has 87 heavy (non-hydrogen) atoms. The molecule has 3 aromatic heterocycles. The summed E-state index contributed by atoms with van der Waals surface area (Å²) in [6, 6.07) is 88.2. The minimum atomic E-state index is -0.153. The standard InChI is InChI=1S/C80H66BN3O2S/c1-78(2,3)52-28-33-55(34-29-52)83-67-48-66(82(57-37-39-61-59-24-16-18-26-70(59)85-72(61)45-57)58-38-40-62-60-25-17-19-27-71(60)86-73(62)46-58)63(50-22-14-11-15-23-50)47-65(67)81-75-68(83)42-51(49-20-12-10-13-21-49)43-69(75)84(56-35-30-53(31-36-56)79(4,5)6)76-64-44-54(80(7,8)9)32-41-74(64)87-77(76)81/h10-48H,1-9H3. The number of benzene rings is 11. The van der Waals surface area contributed by atoms with Gasteiger partial charge in [0.05, 0.1) is 11.4 Å². The number of furan rings is 2. The van der Waals surface area contributed by atoms with Gasteiger partial charge in [-0.3, -0.25) is 0 Å². The molecule has 0 atom stereocenters. The highest BCUT2D eigenvalue weighted by Crippen LogP contribution is 2.53. The third kappa shape index (κ3) is 8.64. The second-order valence-corrected chi connectivity index (χ2v) is 28.0. The third-order valence-electron chi connectivity index (χ3n) is 18.3.